The molecule has 0 aliphatic carbocycles. The van der Waals surface area contributed by atoms with Gasteiger partial charge >= 0.3 is 5.97 Å². The summed E-state index contributed by atoms with van der Waals surface area (Å²) in [5.74, 6) is 0.289. The van der Waals surface area contributed by atoms with Crippen LogP contribution >= 0.6 is 0 Å². The first-order valence-corrected chi connectivity index (χ1v) is 9.05. The molecule has 0 aliphatic heterocycles. The van der Waals surface area contributed by atoms with Crippen molar-refractivity contribution in [1.29, 1.82) is 0 Å². The summed E-state index contributed by atoms with van der Waals surface area (Å²) in [6.45, 7) is 1.20. The van der Waals surface area contributed by atoms with Crippen LogP contribution in [0.25, 0.3) is 11.4 Å². The lowest BCUT2D eigenvalue weighted by Gasteiger charge is -2.13. The molecule has 30 heavy (non-hydrogen) atoms. The molecule has 0 aliphatic rings. The summed E-state index contributed by atoms with van der Waals surface area (Å²) in [6, 6.07) is 14.1. The molecule has 3 aromatic rings. The second kappa shape index (κ2) is 9.50. The fourth-order valence-corrected chi connectivity index (χ4v) is 2.57. The van der Waals surface area contributed by atoms with Crippen LogP contribution in [-0.2, 0) is 20.9 Å². The van der Waals surface area contributed by atoms with E-state index in [1.54, 1.807) is 49.6 Å². The lowest BCUT2D eigenvalue weighted by molar-refractivity contribution is -0.154. The molecule has 0 spiro atoms. The molecular formula is C20H21N5O5. The molecule has 0 saturated heterocycles. The number of hydrogen-bond donors (Lipinski definition) is 1. The number of esters is 1. The minimum Gasteiger partial charge on any atom is -0.493 e. The molecule has 10 heteroatoms. The van der Waals surface area contributed by atoms with Crippen molar-refractivity contribution in [2.24, 2.45) is 0 Å². The minimum absolute atomic E-state index is 0.288. The summed E-state index contributed by atoms with van der Waals surface area (Å²) in [5.41, 5.74) is 1.26. The Kier molecular flexibility index (Phi) is 6.58. The molecule has 1 atom stereocenters. The van der Waals surface area contributed by atoms with E-state index < -0.39 is 18.0 Å². The third-order valence-electron chi connectivity index (χ3n) is 4.08. The smallest absolute Gasteiger partial charge is 0.330 e. The third kappa shape index (κ3) is 5.10. The molecule has 0 saturated carbocycles. The van der Waals surface area contributed by atoms with Gasteiger partial charge in [0.05, 0.1) is 14.2 Å². The molecule has 156 valence electrons. The van der Waals surface area contributed by atoms with Crippen LogP contribution in [0, 0.1) is 0 Å². The van der Waals surface area contributed by atoms with Gasteiger partial charge in [-0.3, -0.25) is 4.79 Å². The summed E-state index contributed by atoms with van der Waals surface area (Å²) in [4.78, 5) is 25.4. The molecule has 1 N–H and O–H groups in total. The van der Waals surface area contributed by atoms with Crippen molar-refractivity contribution < 1.29 is 23.8 Å². The van der Waals surface area contributed by atoms with Crippen molar-refractivity contribution in [3.63, 3.8) is 0 Å². The van der Waals surface area contributed by atoms with Gasteiger partial charge in [0.25, 0.3) is 5.91 Å². The second-order valence-corrected chi connectivity index (χ2v) is 6.20. The first-order chi connectivity index (χ1) is 14.5. The number of rotatable bonds is 8. The van der Waals surface area contributed by atoms with Crippen molar-refractivity contribution in [3.05, 3.63) is 48.5 Å². The fraction of sp³-hybridized carbons (Fsp3) is 0.250. The number of carbonyl (C=O) groups excluding carboxylic acids is 2. The topological polar surface area (TPSA) is 117 Å². The Balaban J connectivity index is 1.59. The number of aromatic nitrogens is 4. The largest absolute Gasteiger partial charge is 0.493 e. The van der Waals surface area contributed by atoms with Gasteiger partial charge < -0.3 is 19.5 Å². The number of nitrogens with zero attached hydrogens (tertiary/aromatic N) is 4. The molecule has 10 nitrogen and oxygen atoms in total. The Morgan fingerprint density at radius 2 is 1.80 bits per heavy atom. The highest BCUT2D eigenvalue weighted by atomic mass is 16.5. The number of anilines is 1. The number of hydrogen-bond acceptors (Lipinski definition) is 8. The SMILES string of the molecule is COc1ccc(-c2nnn(CC(=O)O[C@H](C)C(=O)Nc3ccccc3)n2)cc1OC. The molecular weight excluding hydrogens is 390 g/mol. The summed E-state index contributed by atoms with van der Waals surface area (Å²) in [6.07, 6.45) is -0.980. The summed E-state index contributed by atoms with van der Waals surface area (Å²) in [7, 11) is 3.07. The zero-order chi connectivity index (χ0) is 21.5. The first kappa shape index (κ1) is 20.8. The van der Waals surface area contributed by atoms with E-state index in [1.807, 2.05) is 6.07 Å². The van der Waals surface area contributed by atoms with Crippen LogP contribution in [0.4, 0.5) is 5.69 Å². The van der Waals surface area contributed by atoms with E-state index in [1.165, 1.54) is 14.0 Å². The van der Waals surface area contributed by atoms with E-state index >= 15 is 0 Å². The van der Waals surface area contributed by atoms with E-state index in [9.17, 15) is 9.59 Å². The number of ether oxygens (including phenoxy) is 3. The molecule has 2 aromatic carbocycles. The van der Waals surface area contributed by atoms with Gasteiger partial charge in [0.2, 0.25) is 5.82 Å². The van der Waals surface area contributed by atoms with Crippen LogP contribution in [0.2, 0.25) is 0 Å². The number of para-hydroxylation sites is 1. The molecule has 0 bridgehead atoms. The van der Waals surface area contributed by atoms with Crippen molar-refractivity contribution >= 4 is 17.6 Å². The molecule has 3 rings (SSSR count). The standard InChI is InChI=1S/C20H21N5O5/c1-13(20(27)21-15-7-5-4-6-8-15)30-18(26)12-25-23-19(22-24-25)14-9-10-16(28-2)17(11-14)29-3/h4-11,13H,12H2,1-3H3,(H,21,27)/t13-/m1/s1. The van der Waals surface area contributed by atoms with Crippen molar-refractivity contribution in [2.75, 3.05) is 19.5 Å². The number of nitrogens with one attached hydrogen (secondary N) is 1. The van der Waals surface area contributed by atoms with Gasteiger partial charge in [0.1, 0.15) is 0 Å². The van der Waals surface area contributed by atoms with Crippen LogP contribution < -0.4 is 14.8 Å². The van der Waals surface area contributed by atoms with Crippen LogP contribution in [0.5, 0.6) is 11.5 Å². The number of amides is 1. The van der Waals surface area contributed by atoms with Crippen molar-refractivity contribution in [1.82, 2.24) is 20.2 Å². The van der Waals surface area contributed by atoms with Crippen molar-refractivity contribution in [3.8, 4) is 22.9 Å². The fourth-order valence-electron chi connectivity index (χ4n) is 2.57. The average molecular weight is 411 g/mol. The van der Waals surface area contributed by atoms with E-state index in [0.29, 0.717) is 28.6 Å². The lowest BCUT2D eigenvalue weighted by atomic mass is 10.2. The van der Waals surface area contributed by atoms with Crippen LogP contribution in [0.3, 0.4) is 0 Å². The summed E-state index contributed by atoms with van der Waals surface area (Å²) >= 11 is 0. The maximum atomic E-state index is 12.1. The molecule has 0 radical (unpaired) electrons. The van der Waals surface area contributed by atoms with Gasteiger partial charge in [0.15, 0.2) is 24.1 Å². The Bertz CT molecular complexity index is 1020. The zero-order valence-corrected chi connectivity index (χ0v) is 16.7. The van der Waals surface area contributed by atoms with Gasteiger partial charge in [0, 0.05) is 11.3 Å². The highest BCUT2D eigenvalue weighted by Crippen LogP contribution is 2.30. The highest BCUT2D eigenvalue weighted by molar-refractivity contribution is 5.95. The molecule has 1 amide bonds. The van der Waals surface area contributed by atoms with Gasteiger partial charge in [-0.05, 0) is 42.5 Å². The predicted molar refractivity (Wildman–Crippen MR) is 107 cm³/mol. The van der Waals surface area contributed by atoms with E-state index in [-0.39, 0.29) is 6.54 Å². The maximum Gasteiger partial charge on any atom is 0.330 e. The summed E-state index contributed by atoms with van der Waals surface area (Å²) < 4.78 is 15.6. The van der Waals surface area contributed by atoms with Crippen LogP contribution in [0.1, 0.15) is 6.92 Å². The Morgan fingerprint density at radius 1 is 1.07 bits per heavy atom. The molecule has 1 aromatic heterocycles. The molecule has 0 fully saturated rings. The second-order valence-electron chi connectivity index (χ2n) is 6.20. The van der Waals surface area contributed by atoms with Crippen LogP contribution in [-0.4, -0.2) is 52.4 Å². The Morgan fingerprint density at radius 3 is 2.50 bits per heavy atom. The van der Waals surface area contributed by atoms with Gasteiger partial charge in [-0.1, -0.05) is 18.2 Å². The third-order valence-corrected chi connectivity index (χ3v) is 4.08. The van der Waals surface area contributed by atoms with Gasteiger partial charge in [-0.15, -0.1) is 10.2 Å². The highest BCUT2D eigenvalue weighted by Gasteiger charge is 2.19. The van der Waals surface area contributed by atoms with E-state index in [2.05, 4.69) is 20.7 Å². The monoisotopic (exact) mass is 411 g/mol. The predicted octanol–water partition coefficient (Wildman–Crippen LogP) is 1.93. The Labute approximate surface area is 172 Å². The number of benzene rings is 2. The number of carbonyl (C=O) groups is 2. The molecule has 0 unspecified atom stereocenters. The Hall–Kier alpha value is -3.95. The van der Waals surface area contributed by atoms with Gasteiger partial charge in [-0.2, -0.15) is 4.80 Å². The zero-order valence-electron chi connectivity index (χ0n) is 16.7. The summed E-state index contributed by atoms with van der Waals surface area (Å²) in [5, 5.41) is 14.6. The van der Waals surface area contributed by atoms with Crippen molar-refractivity contribution in [2.45, 2.75) is 19.6 Å². The molecule has 1 heterocycles. The van der Waals surface area contributed by atoms with E-state index in [0.717, 1.165) is 4.80 Å². The number of tetrazole rings is 1. The number of methoxy groups -OCH3 is 2. The van der Waals surface area contributed by atoms with Gasteiger partial charge in [-0.25, -0.2) is 4.79 Å². The minimum atomic E-state index is -0.980. The average Bonchev–Trinajstić information content (AvgIpc) is 3.22. The first-order valence-electron chi connectivity index (χ1n) is 9.05. The lowest BCUT2D eigenvalue weighted by Crippen LogP contribution is -2.31. The van der Waals surface area contributed by atoms with Crippen LogP contribution in [0.15, 0.2) is 48.5 Å². The van der Waals surface area contributed by atoms with E-state index in [4.69, 9.17) is 14.2 Å². The normalized spacial score (nSPS) is 11.4. The quantitative estimate of drug-likeness (QED) is 0.559. The maximum absolute atomic E-state index is 12.1.